The van der Waals surface area contributed by atoms with Crippen LogP contribution in [0.3, 0.4) is 0 Å². The summed E-state index contributed by atoms with van der Waals surface area (Å²) >= 11 is 1.17. The van der Waals surface area contributed by atoms with Crippen LogP contribution in [0.25, 0.3) is 5.76 Å². The molecular formula is C16H12F3NOS. The Morgan fingerprint density at radius 1 is 1.00 bits per heavy atom. The van der Waals surface area contributed by atoms with E-state index >= 15 is 0 Å². The first-order valence-electron chi connectivity index (χ1n) is 6.53. The van der Waals surface area contributed by atoms with Gasteiger partial charge in [-0.15, -0.1) is 0 Å². The van der Waals surface area contributed by atoms with E-state index in [0.29, 0.717) is 16.2 Å². The molecule has 0 amide bonds. The maximum Gasteiger partial charge on any atom is 0.418 e. The van der Waals surface area contributed by atoms with Crippen molar-refractivity contribution in [3.8, 4) is 0 Å². The highest BCUT2D eigenvalue weighted by Gasteiger charge is 2.36. The van der Waals surface area contributed by atoms with Crippen molar-refractivity contribution >= 4 is 23.4 Å². The van der Waals surface area contributed by atoms with Crippen LogP contribution in [-0.2, 0) is 6.18 Å². The van der Waals surface area contributed by atoms with Gasteiger partial charge in [0.25, 0.3) is 0 Å². The lowest BCUT2D eigenvalue weighted by molar-refractivity contribution is -0.137. The summed E-state index contributed by atoms with van der Waals surface area (Å²) in [6, 6.07) is 12.4. The second-order valence-electron chi connectivity index (χ2n) is 4.83. The lowest BCUT2D eigenvalue weighted by atomic mass is 10.1. The van der Waals surface area contributed by atoms with E-state index in [2.05, 4.69) is 0 Å². The molecule has 0 bridgehead atoms. The molecule has 6 heteroatoms. The maximum atomic E-state index is 13.2. The molecular weight excluding hydrogens is 311 g/mol. The molecule has 1 aliphatic rings. The van der Waals surface area contributed by atoms with Crippen molar-refractivity contribution in [3.63, 3.8) is 0 Å². The van der Waals surface area contributed by atoms with Crippen molar-refractivity contribution in [2.75, 3.05) is 4.31 Å². The van der Waals surface area contributed by atoms with Crippen LogP contribution in [0, 0.1) is 0 Å². The van der Waals surface area contributed by atoms with E-state index in [-0.39, 0.29) is 11.4 Å². The molecule has 2 aromatic rings. The Labute approximate surface area is 130 Å². The molecule has 0 unspecified atom stereocenters. The number of alkyl halides is 3. The number of hydrogen-bond donors (Lipinski definition) is 1. The first-order chi connectivity index (χ1) is 10.4. The third-order valence-corrected chi connectivity index (χ3v) is 4.61. The fourth-order valence-corrected chi connectivity index (χ4v) is 3.40. The molecule has 0 saturated heterocycles. The second kappa shape index (κ2) is 5.28. The van der Waals surface area contributed by atoms with Gasteiger partial charge < -0.3 is 5.11 Å². The number of benzene rings is 2. The van der Waals surface area contributed by atoms with E-state index < -0.39 is 11.7 Å². The van der Waals surface area contributed by atoms with Gasteiger partial charge >= 0.3 is 6.18 Å². The van der Waals surface area contributed by atoms with Gasteiger partial charge in [-0.25, -0.2) is 0 Å². The molecule has 1 heterocycles. The predicted molar refractivity (Wildman–Crippen MR) is 81.4 cm³/mol. The molecule has 0 aliphatic carbocycles. The minimum atomic E-state index is -4.45. The van der Waals surface area contributed by atoms with Crippen molar-refractivity contribution in [1.82, 2.24) is 0 Å². The Kier molecular flexibility index (Phi) is 3.56. The van der Waals surface area contributed by atoms with Gasteiger partial charge in [0.05, 0.1) is 16.9 Å². The number of nitrogens with zero attached hydrogens (tertiary/aromatic N) is 1. The van der Waals surface area contributed by atoms with Crippen LogP contribution in [-0.4, -0.2) is 5.11 Å². The van der Waals surface area contributed by atoms with Crippen LogP contribution in [0.4, 0.5) is 18.9 Å². The summed E-state index contributed by atoms with van der Waals surface area (Å²) in [5, 5.41) is 10.3. The zero-order chi connectivity index (χ0) is 15.9. The third-order valence-electron chi connectivity index (χ3n) is 3.41. The lowest BCUT2D eigenvalue weighted by Gasteiger charge is -2.31. The molecule has 0 spiro atoms. The highest BCUT2D eigenvalue weighted by molar-refractivity contribution is 8.01. The number of aliphatic hydroxyl groups excluding tert-OH is 1. The monoisotopic (exact) mass is 323 g/mol. The van der Waals surface area contributed by atoms with Gasteiger partial charge in [-0.3, -0.25) is 4.31 Å². The Bertz CT molecular complexity index is 755. The van der Waals surface area contributed by atoms with Crippen LogP contribution in [0.1, 0.15) is 18.1 Å². The summed E-state index contributed by atoms with van der Waals surface area (Å²) in [4.78, 5) is 0.711. The number of allylic oxidation sites excluding steroid dienone is 1. The Hall–Kier alpha value is -2.08. The van der Waals surface area contributed by atoms with Crippen molar-refractivity contribution in [1.29, 1.82) is 0 Å². The first-order valence-corrected chi connectivity index (χ1v) is 7.30. The molecule has 0 atom stereocenters. The van der Waals surface area contributed by atoms with Gasteiger partial charge in [0.1, 0.15) is 5.76 Å². The molecule has 0 fully saturated rings. The third kappa shape index (κ3) is 2.43. The van der Waals surface area contributed by atoms with Crippen molar-refractivity contribution in [2.45, 2.75) is 18.0 Å². The summed E-state index contributed by atoms with van der Waals surface area (Å²) in [7, 11) is 0. The fourth-order valence-electron chi connectivity index (χ4n) is 2.32. The highest BCUT2D eigenvalue weighted by atomic mass is 32.2. The molecule has 0 radical (unpaired) electrons. The molecule has 1 aliphatic heterocycles. The Morgan fingerprint density at radius 2 is 1.64 bits per heavy atom. The number of para-hydroxylation sites is 1. The Balaban J connectivity index is 2.14. The van der Waals surface area contributed by atoms with Gasteiger partial charge in [-0.1, -0.05) is 24.3 Å². The second-order valence-corrected chi connectivity index (χ2v) is 5.82. The zero-order valence-electron chi connectivity index (χ0n) is 11.6. The van der Waals surface area contributed by atoms with Gasteiger partial charge in [-0.2, -0.15) is 13.2 Å². The fraction of sp³-hybridized carbons (Fsp3) is 0.125. The van der Waals surface area contributed by atoms with Gasteiger partial charge in [0.15, 0.2) is 0 Å². The average molecular weight is 323 g/mol. The first kappa shape index (κ1) is 14.8. The largest absolute Gasteiger partial charge is 0.505 e. The lowest BCUT2D eigenvalue weighted by Crippen LogP contribution is -2.21. The van der Waals surface area contributed by atoms with Crippen LogP contribution in [0.2, 0.25) is 0 Å². The van der Waals surface area contributed by atoms with Crippen molar-refractivity contribution < 1.29 is 18.3 Å². The molecule has 22 heavy (non-hydrogen) atoms. The van der Waals surface area contributed by atoms with Crippen LogP contribution in [0.15, 0.2) is 59.1 Å². The standard InChI is InChI=1S/C16H12F3NOS/c1-10-15(21)11-6-2-5-9-14(11)22-20(10)13-8-4-3-7-12(13)16(17,18)19/h2-9,21H,1H3. The summed E-state index contributed by atoms with van der Waals surface area (Å²) in [6.07, 6.45) is -4.45. The van der Waals surface area contributed by atoms with E-state index in [9.17, 15) is 18.3 Å². The average Bonchev–Trinajstić information content (AvgIpc) is 2.50. The maximum absolute atomic E-state index is 13.2. The SMILES string of the molecule is CC1=C(O)c2ccccc2SN1c1ccccc1C(F)(F)F. The quantitative estimate of drug-likeness (QED) is 0.703. The molecule has 2 aromatic carbocycles. The van der Waals surface area contributed by atoms with Crippen LogP contribution < -0.4 is 4.31 Å². The van der Waals surface area contributed by atoms with Crippen molar-refractivity contribution in [2.24, 2.45) is 0 Å². The highest BCUT2D eigenvalue weighted by Crippen LogP contribution is 2.46. The van der Waals surface area contributed by atoms with Gasteiger partial charge in [0, 0.05) is 10.5 Å². The van der Waals surface area contributed by atoms with E-state index in [1.165, 1.54) is 28.4 Å². The number of aliphatic hydroxyl groups is 1. The molecule has 2 nitrogen and oxygen atoms in total. The van der Waals surface area contributed by atoms with Crippen molar-refractivity contribution in [3.05, 3.63) is 65.4 Å². The number of anilines is 1. The summed E-state index contributed by atoms with van der Waals surface area (Å²) in [5.74, 6) is -0.00803. The number of hydrogen-bond acceptors (Lipinski definition) is 3. The topological polar surface area (TPSA) is 23.5 Å². The number of fused-ring (bicyclic) bond motifs is 1. The van der Waals surface area contributed by atoms with Gasteiger partial charge in [-0.05, 0) is 43.1 Å². The normalized spacial score (nSPS) is 15.0. The summed E-state index contributed by atoms with van der Waals surface area (Å²) < 4.78 is 41.0. The minimum Gasteiger partial charge on any atom is -0.505 e. The number of halogens is 3. The van der Waals surface area contributed by atoms with E-state index in [4.69, 9.17) is 0 Å². The van der Waals surface area contributed by atoms with Crippen LogP contribution in [0.5, 0.6) is 0 Å². The smallest absolute Gasteiger partial charge is 0.418 e. The Morgan fingerprint density at radius 3 is 2.36 bits per heavy atom. The molecule has 114 valence electrons. The molecule has 0 saturated carbocycles. The summed E-state index contributed by atoms with van der Waals surface area (Å²) in [6.45, 7) is 1.60. The molecule has 1 N–H and O–H groups in total. The molecule has 0 aromatic heterocycles. The minimum absolute atomic E-state index is 0.00803. The van der Waals surface area contributed by atoms with E-state index in [0.717, 1.165) is 6.07 Å². The summed E-state index contributed by atoms with van der Waals surface area (Å²) in [5.41, 5.74) is 0.290. The van der Waals surface area contributed by atoms with E-state index in [1.54, 1.807) is 37.3 Å². The predicted octanol–water partition coefficient (Wildman–Crippen LogP) is 5.48. The zero-order valence-corrected chi connectivity index (χ0v) is 12.4. The van der Waals surface area contributed by atoms with Crippen LogP contribution >= 0.6 is 11.9 Å². The van der Waals surface area contributed by atoms with E-state index in [1.807, 2.05) is 0 Å². The number of rotatable bonds is 1. The molecule has 3 rings (SSSR count). The van der Waals surface area contributed by atoms with Gasteiger partial charge in [0.2, 0.25) is 0 Å².